The lowest BCUT2D eigenvalue weighted by Crippen LogP contribution is -2.39. The van der Waals surface area contributed by atoms with Gasteiger partial charge in [-0.15, -0.1) is 0 Å². The normalized spacial score (nSPS) is 12.7. The lowest BCUT2D eigenvalue weighted by molar-refractivity contribution is 0.460. The molecule has 2 aromatic carbocycles. The molecule has 0 saturated carbocycles. The molecule has 0 spiro atoms. The van der Waals surface area contributed by atoms with Crippen LogP contribution < -0.4 is 11.3 Å². The summed E-state index contributed by atoms with van der Waals surface area (Å²) in [4.78, 5) is 4.40. The number of hydrazine groups is 1. The van der Waals surface area contributed by atoms with Gasteiger partial charge in [0.25, 0.3) is 0 Å². The largest absolute Gasteiger partial charge is 0.329 e. The molecule has 3 rings (SSSR count). The van der Waals surface area contributed by atoms with Gasteiger partial charge in [0.2, 0.25) is 0 Å². The van der Waals surface area contributed by atoms with Gasteiger partial charge in [0.05, 0.1) is 17.4 Å². The van der Waals surface area contributed by atoms with Crippen molar-refractivity contribution in [3.8, 4) is 0 Å². The summed E-state index contributed by atoms with van der Waals surface area (Å²) in [5, 5.41) is 0.747. The van der Waals surface area contributed by atoms with Gasteiger partial charge < -0.3 is 4.57 Å². The van der Waals surface area contributed by atoms with Gasteiger partial charge in [-0.1, -0.05) is 35.9 Å². The van der Waals surface area contributed by atoms with E-state index in [-0.39, 0.29) is 6.04 Å². The topological polar surface area (TPSA) is 55.9 Å². The minimum Gasteiger partial charge on any atom is -0.329 e. The molecule has 0 aliphatic carbocycles. The SMILES string of the molecule is NNC(Cc1cccc(Cl)c1)Cn1cnc2ccccc21. The monoisotopic (exact) mass is 300 g/mol. The molecule has 5 heteroatoms. The smallest absolute Gasteiger partial charge is 0.0958 e. The first-order valence-corrected chi connectivity index (χ1v) is 7.24. The van der Waals surface area contributed by atoms with Gasteiger partial charge in [-0.3, -0.25) is 11.3 Å². The molecule has 3 N–H and O–H groups in total. The Morgan fingerprint density at radius 3 is 2.86 bits per heavy atom. The van der Waals surface area contributed by atoms with E-state index in [0.717, 1.165) is 34.6 Å². The molecule has 3 aromatic rings. The highest BCUT2D eigenvalue weighted by molar-refractivity contribution is 6.30. The number of benzene rings is 2. The third-order valence-corrected chi connectivity index (χ3v) is 3.79. The zero-order valence-corrected chi connectivity index (χ0v) is 12.3. The zero-order chi connectivity index (χ0) is 14.7. The molecule has 108 valence electrons. The van der Waals surface area contributed by atoms with Crippen LogP contribution in [0.2, 0.25) is 5.02 Å². The van der Waals surface area contributed by atoms with Gasteiger partial charge in [0, 0.05) is 17.6 Å². The van der Waals surface area contributed by atoms with E-state index >= 15 is 0 Å². The van der Waals surface area contributed by atoms with Crippen molar-refractivity contribution in [1.82, 2.24) is 15.0 Å². The van der Waals surface area contributed by atoms with Crippen LogP contribution in [0, 0.1) is 0 Å². The van der Waals surface area contributed by atoms with E-state index < -0.39 is 0 Å². The third kappa shape index (κ3) is 3.24. The van der Waals surface area contributed by atoms with Crippen LogP contribution in [0.5, 0.6) is 0 Å². The summed E-state index contributed by atoms with van der Waals surface area (Å²) in [6, 6.07) is 16.0. The van der Waals surface area contributed by atoms with Crippen LogP contribution in [0.15, 0.2) is 54.9 Å². The lowest BCUT2D eigenvalue weighted by atomic mass is 10.1. The van der Waals surface area contributed by atoms with E-state index in [4.69, 9.17) is 17.4 Å². The van der Waals surface area contributed by atoms with Crippen LogP contribution in [0.3, 0.4) is 0 Å². The molecule has 21 heavy (non-hydrogen) atoms. The molecule has 0 fully saturated rings. The molecular formula is C16H17ClN4. The molecular weight excluding hydrogens is 284 g/mol. The molecule has 0 aliphatic rings. The number of imidazole rings is 1. The van der Waals surface area contributed by atoms with Crippen LogP contribution >= 0.6 is 11.6 Å². The van der Waals surface area contributed by atoms with E-state index in [1.165, 1.54) is 0 Å². The summed E-state index contributed by atoms with van der Waals surface area (Å²) in [7, 11) is 0. The lowest BCUT2D eigenvalue weighted by Gasteiger charge is -2.17. The Bertz CT molecular complexity index is 738. The quantitative estimate of drug-likeness (QED) is 0.563. The first-order chi connectivity index (χ1) is 10.3. The number of nitrogens with one attached hydrogen (secondary N) is 1. The number of aromatic nitrogens is 2. The number of halogens is 1. The summed E-state index contributed by atoms with van der Waals surface area (Å²) in [6.45, 7) is 0.753. The predicted octanol–water partition coefficient (Wildman–Crippen LogP) is 2.76. The average molecular weight is 301 g/mol. The highest BCUT2D eigenvalue weighted by Gasteiger charge is 2.11. The number of rotatable bonds is 5. The van der Waals surface area contributed by atoms with Gasteiger partial charge in [-0.25, -0.2) is 4.98 Å². The fourth-order valence-corrected chi connectivity index (χ4v) is 2.73. The van der Waals surface area contributed by atoms with Crippen LogP contribution in [-0.2, 0) is 13.0 Å². The maximum atomic E-state index is 6.03. The van der Waals surface area contributed by atoms with Crippen molar-refractivity contribution in [3.05, 3.63) is 65.4 Å². The van der Waals surface area contributed by atoms with Crippen molar-refractivity contribution in [2.45, 2.75) is 19.0 Å². The summed E-state index contributed by atoms with van der Waals surface area (Å²) < 4.78 is 2.12. The van der Waals surface area contributed by atoms with Crippen molar-refractivity contribution >= 4 is 22.6 Å². The van der Waals surface area contributed by atoms with E-state index in [1.807, 2.05) is 42.7 Å². The average Bonchev–Trinajstić information content (AvgIpc) is 2.90. The molecule has 0 saturated heterocycles. The first-order valence-electron chi connectivity index (χ1n) is 6.86. The predicted molar refractivity (Wildman–Crippen MR) is 86.0 cm³/mol. The summed E-state index contributed by atoms with van der Waals surface area (Å²) >= 11 is 6.03. The molecule has 0 amide bonds. The number of hydrogen-bond donors (Lipinski definition) is 2. The fraction of sp³-hybridized carbons (Fsp3) is 0.188. The van der Waals surface area contributed by atoms with Crippen LogP contribution in [-0.4, -0.2) is 15.6 Å². The fourth-order valence-electron chi connectivity index (χ4n) is 2.52. The molecule has 0 bridgehead atoms. The highest BCUT2D eigenvalue weighted by atomic mass is 35.5. The molecule has 4 nitrogen and oxygen atoms in total. The molecule has 1 unspecified atom stereocenters. The summed E-state index contributed by atoms with van der Waals surface area (Å²) in [5.41, 5.74) is 6.15. The van der Waals surface area contributed by atoms with E-state index in [0.29, 0.717) is 0 Å². The Balaban J connectivity index is 1.78. The minimum atomic E-state index is 0.112. The van der Waals surface area contributed by atoms with Crippen LogP contribution in [0.1, 0.15) is 5.56 Å². The maximum absolute atomic E-state index is 6.03. The molecule has 1 heterocycles. The molecule has 0 aliphatic heterocycles. The number of nitrogens with zero attached hydrogens (tertiary/aromatic N) is 2. The number of fused-ring (bicyclic) bond motifs is 1. The standard InChI is InChI=1S/C16H17ClN4/c17-13-5-3-4-12(8-13)9-14(20-18)10-21-11-19-15-6-1-2-7-16(15)21/h1-8,11,14,20H,9-10,18H2. The van der Waals surface area contributed by atoms with Gasteiger partial charge in [0.15, 0.2) is 0 Å². The van der Waals surface area contributed by atoms with E-state index in [2.05, 4.69) is 27.1 Å². The minimum absolute atomic E-state index is 0.112. The summed E-state index contributed by atoms with van der Waals surface area (Å²) in [6.07, 6.45) is 2.66. The number of hydrogen-bond acceptors (Lipinski definition) is 3. The Labute approximate surface area is 128 Å². The van der Waals surface area contributed by atoms with Crippen molar-refractivity contribution < 1.29 is 0 Å². The van der Waals surface area contributed by atoms with Gasteiger partial charge in [0.1, 0.15) is 0 Å². The second-order valence-electron chi connectivity index (χ2n) is 5.08. The van der Waals surface area contributed by atoms with Crippen molar-refractivity contribution in [2.75, 3.05) is 0 Å². The van der Waals surface area contributed by atoms with Crippen LogP contribution in [0.25, 0.3) is 11.0 Å². The Morgan fingerprint density at radius 2 is 2.05 bits per heavy atom. The second-order valence-corrected chi connectivity index (χ2v) is 5.52. The Kier molecular flexibility index (Phi) is 4.20. The van der Waals surface area contributed by atoms with Crippen molar-refractivity contribution in [1.29, 1.82) is 0 Å². The van der Waals surface area contributed by atoms with E-state index in [9.17, 15) is 0 Å². The van der Waals surface area contributed by atoms with E-state index in [1.54, 1.807) is 0 Å². The first kappa shape index (κ1) is 14.1. The van der Waals surface area contributed by atoms with Gasteiger partial charge in [-0.2, -0.15) is 0 Å². The highest BCUT2D eigenvalue weighted by Crippen LogP contribution is 2.15. The molecule has 1 aromatic heterocycles. The zero-order valence-electron chi connectivity index (χ0n) is 11.5. The Morgan fingerprint density at radius 1 is 1.19 bits per heavy atom. The number of nitrogens with two attached hydrogens (primary N) is 1. The van der Waals surface area contributed by atoms with Crippen LogP contribution in [0.4, 0.5) is 0 Å². The van der Waals surface area contributed by atoms with Crippen molar-refractivity contribution in [2.24, 2.45) is 5.84 Å². The molecule has 0 radical (unpaired) electrons. The summed E-state index contributed by atoms with van der Waals surface area (Å²) in [5.74, 6) is 5.70. The van der Waals surface area contributed by atoms with Gasteiger partial charge >= 0.3 is 0 Å². The Hall–Kier alpha value is -1.88. The van der Waals surface area contributed by atoms with Gasteiger partial charge in [-0.05, 0) is 36.2 Å². The third-order valence-electron chi connectivity index (χ3n) is 3.55. The van der Waals surface area contributed by atoms with Crippen molar-refractivity contribution in [3.63, 3.8) is 0 Å². The molecule has 1 atom stereocenters. The second kappa shape index (κ2) is 6.26. The number of para-hydroxylation sites is 2. The maximum Gasteiger partial charge on any atom is 0.0958 e.